The number of rotatable bonds is 14. The molecule has 49 heavy (non-hydrogen) atoms. The molecule has 18 heteroatoms. The number of aromatic nitrogens is 1. The van der Waals surface area contributed by atoms with Crippen LogP contribution in [0.3, 0.4) is 0 Å². The van der Waals surface area contributed by atoms with Crippen LogP contribution in [0.5, 0.6) is 34.5 Å². The Morgan fingerprint density at radius 1 is 0.673 bits per heavy atom. The summed E-state index contributed by atoms with van der Waals surface area (Å²) in [6.07, 6.45) is 3.98. The van der Waals surface area contributed by atoms with E-state index in [-0.39, 0.29) is 51.9 Å². The number of hydrogen-bond acceptors (Lipinski definition) is 15. The Labute approximate surface area is 283 Å². The van der Waals surface area contributed by atoms with Gasteiger partial charge < -0.3 is 31.5 Å². The highest BCUT2D eigenvalue weighted by molar-refractivity contribution is 7.86. The van der Waals surface area contributed by atoms with E-state index in [1.807, 2.05) is 0 Å². The average Bonchev–Trinajstić information content (AvgIpc) is 3.01. The van der Waals surface area contributed by atoms with E-state index in [0.29, 0.717) is 11.3 Å². The lowest BCUT2D eigenvalue weighted by molar-refractivity contribution is 0.0594. The van der Waals surface area contributed by atoms with Gasteiger partial charge in [-0.2, -0.15) is 25.3 Å². The molecule has 0 bridgehead atoms. The Morgan fingerprint density at radius 2 is 1.33 bits per heavy atom. The van der Waals surface area contributed by atoms with Crippen LogP contribution in [0.25, 0.3) is 22.3 Å². The normalized spacial score (nSPS) is 11.7. The van der Waals surface area contributed by atoms with Gasteiger partial charge in [-0.15, -0.1) is 0 Å². The van der Waals surface area contributed by atoms with E-state index in [4.69, 9.17) is 31.5 Å². The topological polar surface area (TPSA) is 197 Å². The van der Waals surface area contributed by atoms with Crippen LogP contribution in [0.15, 0.2) is 66.9 Å². The van der Waals surface area contributed by atoms with Gasteiger partial charge >= 0.3 is 36.3 Å². The van der Waals surface area contributed by atoms with Crippen molar-refractivity contribution in [3.63, 3.8) is 0 Å². The molecule has 0 aliphatic carbocycles. The largest absolute Gasteiger partial charge is 0.496 e. The van der Waals surface area contributed by atoms with Crippen molar-refractivity contribution in [3.8, 4) is 56.8 Å². The highest BCUT2D eigenvalue weighted by Crippen LogP contribution is 2.52. The van der Waals surface area contributed by atoms with E-state index in [1.165, 1.54) is 62.9 Å². The van der Waals surface area contributed by atoms with Crippen LogP contribution < -0.4 is 26.8 Å². The maximum Gasteiger partial charge on any atom is 0.341 e. The minimum absolute atomic E-state index is 0.0144. The van der Waals surface area contributed by atoms with Gasteiger partial charge in [0.15, 0.2) is 23.0 Å². The van der Waals surface area contributed by atoms with Crippen molar-refractivity contribution in [3.05, 3.63) is 78.1 Å². The Hall–Kier alpha value is -5.07. The van der Waals surface area contributed by atoms with Gasteiger partial charge in [0.05, 0.1) is 51.4 Å². The molecule has 0 aliphatic rings. The number of ether oxygens (including phenoxy) is 4. The molecule has 0 saturated carbocycles. The summed E-state index contributed by atoms with van der Waals surface area (Å²) >= 11 is 0. The third kappa shape index (κ3) is 9.52. The summed E-state index contributed by atoms with van der Waals surface area (Å²) in [5.41, 5.74) is 0.659. The molecule has 262 valence electrons. The van der Waals surface area contributed by atoms with Crippen molar-refractivity contribution in [1.82, 2.24) is 4.98 Å². The fourth-order valence-corrected chi connectivity index (χ4v) is 5.95. The molecule has 3 aromatic carbocycles. The number of carbonyl (C=O) groups excluding carboxylic acids is 1. The van der Waals surface area contributed by atoms with Gasteiger partial charge in [-0.1, -0.05) is 18.2 Å². The SMILES string of the molecule is COC(=O)c1cc(-c2c(OC)cc(-c3ccc(OS(C)(=O)=O)cc3)c(OC)c2OS(C)(=O)=O)cc(OS(C)(=O)=O)c1OCc1ccccn1. The fraction of sp³-hybridized carbons (Fsp3) is 0.226. The van der Waals surface area contributed by atoms with Gasteiger partial charge in [0.25, 0.3) is 0 Å². The molecule has 0 fully saturated rings. The predicted molar refractivity (Wildman–Crippen MR) is 177 cm³/mol. The Balaban J connectivity index is 2.04. The van der Waals surface area contributed by atoms with Crippen LogP contribution in [0.2, 0.25) is 0 Å². The van der Waals surface area contributed by atoms with Crippen LogP contribution in [0, 0.1) is 0 Å². The van der Waals surface area contributed by atoms with Crippen molar-refractivity contribution in [2.75, 3.05) is 40.1 Å². The highest BCUT2D eigenvalue weighted by atomic mass is 32.2. The lowest BCUT2D eigenvalue weighted by Crippen LogP contribution is -2.13. The smallest absolute Gasteiger partial charge is 0.341 e. The van der Waals surface area contributed by atoms with Crippen LogP contribution in [-0.4, -0.2) is 76.3 Å². The molecule has 1 heterocycles. The van der Waals surface area contributed by atoms with Gasteiger partial charge in [-0.3, -0.25) is 4.98 Å². The van der Waals surface area contributed by atoms with Crippen molar-refractivity contribution >= 4 is 36.3 Å². The molecule has 0 radical (unpaired) electrons. The van der Waals surface area contributed by atoms with Gasteiger partial charge in [-0.05, 0) is 53.6 Å². The zero-order chi connectivity index (χ0) is 36.1. The third-order valence-corrected chi connectivity index (χ3v) is 7.80. The minimum Gasteiger partial charge on any atom is -0.496 e. The first-order chi connectivity index (χ1) is 22.9. The quantitative estimate of drug-likeness (QED) is 0.134. The molecule has 0 amide bonds. The Bertz CT molecular complexity index is 2190. The van der Waals surface area contributed by atoms with E-state index >= 15 is 0 Å². The summed E-state index contributed by atoms with van der Waals surface area (Å²) in [5.74, 6) is -2.25. The maximum absolute atomic E-state index is 13.1. The summed E-state index contributed by atoms with van der Waals surface area (Å²) in [6.45, 7) is -0.202. The van der Waals surface area contributed by atoms with Crippen molar-refractivity contribution < 1.29 is 61.5 Å². The number of carbonyl (C=O) groups is 1. The molecular formula is C31H31NO14S3. The van der Waals surface area contributed by atoms with Gasteiger partial charge in [-0.25, -0.2) is 4.79 Å². The van der Waals surface area contributed by atoms with Gasteiger partial charge in [0, 0.05) is 11.8 Å². The Morgan fingerprint density at radius 3 is 1.86 bits per heavy atom. The monoisotopic (exact) mass is 737 g/mol. The molecule has 1 aromatic heterocycles. The number of nitrogens with zero attached hydrogens (tertiary/aromatic N) is 1. The van der Waals surface area contributed by atoms with Crippen LogP contribution in [0.1, 0.15) is 16.1 Å². The van der Waals surface area contributed by atoms with Gasteiger partial charge in [0.2, 0.25) is 0 Å². The van der Waals surface area contributed by atoms with E-state index in [9.17, 15) is 30.0 Å². The predicted octanol–water partition coefficient (Wildman–Crippen LogP) is 3.81. The third-order valence-electron chi connectivity index (χ3n) is 6.35. The second-order valence-electron chi connectivity index (χ2n) is 10.2. The van der Waals surface area contributed by atoms with E-state index in [0.717, 1.165) is 25.9 Å². The second-order valence-corrected chi connectivity index (χ2v) is 14.9. The molecule has 15 nitrogen and oxygen atoms in total. The summed E-state index contributed by atoms with van der Waals surface area (Å²) < 4.78 is 111. The first-order valence-corrected chi connectivity index (χ1v) is 19.2. The average molecular weight is 738 g/mol. The zero-order valence-electron chi connectivity index (χ0n) is 26.9. The number of benzene rings is 3. The molecule has 4 rings (SSSR count). The van der Waals surface area contributed by atoms with Crippen LogP contribution >= 0.6 is 0 Å². The second kappa shape index (κ2) is 14.6. The molecule has 0 unspecified atom stereocenters. The molecular weight excluding hydrogens is 707 g/mol. The first kappa shape index (κ1) is 36.8. The Kier molecular flexibility index (Phi) is 10.9. The van der Waals surface area contributed by atoms with E-state index in [2.05, 4.69) is 4.98 Å². The van der Waals surface area contributed by atoms with E-state index < -0.39 is 47.8 Å². The van der Waals surface area contributed by atoms with Crippen molar-refractivity contribution in [1.29, 1.82) is 0 Å². The molecule has 0 spiro atoms. The number of hydrogen-bond donors (Lipinski definition) is 0. The summed E-state index contributed by atoms with van der Waals surface area (Å²) in [6, 6.07) is 14.6. The molecule has 0 N–H and O–H groups in total. The molecule has 4 aromatic rings. The maximum atomic E-state index is 13.1. The zero-order valence-corrected chi connectivity index (χ0v) is 29.4. The summed E-state index contributed by atoms with van der Waals surface area (Å²) in [4.78, 5) is 17.3. The molecule has 0 saturated heterocycles. The van der Waals surface area contributed by atoms with Gasteiger partial charge in [0.1, 0.15) is 23.7 Å². The summed E-state index contributed by atoms with van der Waals surface area (Å²) in [5, 5.41) is 0. The summed E-state index contributed by atoms with van der Waals surface area (Å²) in [7, 11) is -8.71. The standard InChI is InChI=1S/C31H31NO14S3/c1-40-25-17-23(19-10-12-22(13-11-19)44-47(4,34)35)29(41-2)30(46-49(6,38)39)27(25)20-15-24(31(33)42-3)28(26(16-20)45-48(5,36)37)43-18-21-9-7-8-14-32-21/h7-17H,18H2,1-6H3. The molecule has 0 aliphatic heterocycles. The number of esters is 1. The molecule has 0 atom stereocenters. The number of pyridine rings is 1. The lowest BCUT2D eigenvalue weighted by Gasteiger charge is -2.22. The van der Waals surface area contributed by atoms with Crippen molar-refractivity contribution in [2.24, 2.45) is 0 Å². The van der Waals surface area contributed by atoms with Crippen LogP contribution in [-0.2, 0) is 41.7 Å². The highest BCUT2D eigenvalue weighted by Gasteiger charge is 2.30. The first-order valence-electron chi connectivity index (χ1n) is 13.8. The fourth-order valence-electron chi connectivity index (χ4n) is 4.58. The van der Waals surface area contributed by atoms with Crippen molar-refractivity contribution in [2.45, 2.75) is 6.61 Å². The minimum atomic E-state index is -4.28. The number of methoxy groups -OCH3 is 3. The lowest BCUT2D eigenvalue weighted by atomic mass is 9.95. The van der Waals surface area contributed by atoms with E-state index in [1.54, 1.807) is 18.2 Å². The van der Waals surface area contributed by atoms with Crippen LogP contribution in [0.4, 0.5) is 0 Å².